The average Bonchev–Trinajstić information content (AvgIpc) is 2.55. The van der Waals surface area contributed by atoms with Crippen LogP contribution in [0.5, 0.6) is 0 Å². The van der Waals surface area contributed by atoms with E-state index in [1.54, 1.807) is 0 Å². The number of ether oxygens (including phenoxy) is 1. The molecule has 3 rings (SSSR count). The largest absolute Gasteiger partial charge is 0.476 e. The van der Waals surface area contributed by atoms with Crippen molar-refractivity contribution in [1.82, 2.24) is 9.97 Å². The first-order valence-electron chi connectivity index (χ1n) is 8.09. The molecule has 2 N–H and O–H groups in total. The third-order valence-electron chi connectivity index (χ3n) is 5.13. The number of nitrogens with one attached hydrogen (secondary N) is 1. The lowest BCUT2D eigenvalue weighted by Crippen LogP contribution is -2.62. The Morgan fingerprint density at radius 1 is 1.36 bits per heavy atom. The molecular weight excluding hydrogens is 282 g/mol. The van der Waals surface area contributed by atoms with Crippen LogP contribution in [-0.4, -0.2) is 39.8 Å². The zero-order valence-corrected chi connectivity index (χ0v) is 12.9. The Morgan fingerprint density at radius 2 is 2.14 bits per heavy atom. The van der Waals surface area contributed by atoms with Crippen molar-refractivity contribution in [2.45, 2.75) is 57.6 Å². The van der Waals surface area contributed by atoms with Crippen LogP contribution in [0.4, 0.5) is 5.82 Å². The lowest BCUT2D eigenvalue weighted by atomic mass is 9.55. The monoisotopic (exact) mass is 305 g/mol. The van der Waals surface area contributed by atoms with Gasteiger partial charge < -0.3 is 15.2 Å². The number of nitrogens with zero attached hydrogens (tertiary/aromatic N) is 2. The van der Waals surface area contributed by atoms with Crippen molar-refractivity contribution in [2.24, 2.45) is 5.41 Å². The summed E-state index contributed by atoms with van der Waals surface area (Å²) in [5.41, 5.74) is 0.181. The average molecular weight is 305 g/mol. The van der Waals surface area contributed by atoms with Crippen LogP contribution in [0.2, 0.25) is 0 Å². The van der Waals surface area contributed by atoms with Gasteiger partial charge in [-0.2, -0.15) is 0 Å². The molecule has 0 radical (unpaired) electrons. The standard InChI is InChI=1S/C16H23N3O3/c1-2-22-13-8-12(16(13)6-4-3-5-7-16)19-14-10-17-11(9-18-14)15(20)21/h9-10,12-13H,2-8H2,1H3,(H,18,19)(H,20,21). The van der Waals surface area contributed by atoms with Gasteiger partial charge in [-0.1, -0.05) is 19.3 Å². The van der Waals surface area contributed by atoms with E-state index in [1.165, 1.54) is 44.5 Å². The number of carboxylic acid groups (broad SMARTS) is 1. The molecule has 1 aromatic heterocycles. The zero-order valence-electron chi connectivity index (χ0n) is 12.9. The van der Waals surface area contributed by atoms with Gasteiger partial charge in [0, 0.05) is 18.1 Å². The summed E-state index contributed by atoms with van der Waals surface area (Å²) in [6, 6.07) is 0.342. The maximum absolute atomic E-state index is 10.8. The number of anilines is 1. The molecule has 6 nitrogen and oxygen atoms in total. The van der Waals surface area contributed by atoms with Gasteiger partial charge in [0.1, 0.15) is 5.82 Å². The van der Waals surface area contributed by atoms with E-state index in [4.69, 9.17) is 9.84 Å². The summed E-state index contributed by atoms with van der Waals surface area (Å²) in [4.78, 5) is 18.9. The predicted molar refractivity (Wildman–Crippen MR) is 82.0 cm³/mol. The van der Waals surface area contributed by atoms with Crippen LogP contribution in [0, 0.1) is 5.41 Å². The van der Waals surface area contributed by atoms with Gasteiger partial charge in [0.25, 0.3) is 0 Å². The molecule has 2 saturated carbocycles. The number of hydrogen-bond donors (Lipinski definition) is 2. The minimum absolute atomic E-state index is 0.0290. The van der Waals surface area contributed by atoms with Crippen LogP contribution >= 0.6 is 0 Å². The molecule has 2 aliphatic rings. The quantitative estimate of drug-likeness (QED) is 0.870. The molecule has 0 bridgehead atoms. The molecule has 120 valence electrons. The van der Waals surface area contributed by atoms with Crippen molar-refractivity contribution < 1.29 is 14.6 Å². The molecule has 22 heavy (non-hydrogen) atoms. The highest BCUT2D eigenvalue weighted by Gasteiger charge is 2.55. The van der Waals surface area contributed by atoms with Crippen LogP contribution in [0.25, 0.3) is 0 Å². The van der Waals surface area contributed by atoms with Crippen LogP contribution < -0.4 is 5.32 Å². The Bertz CT molecular complexity index is 526. The summed E-state index contributed by atoms with van der Waals surface area (Å²) in [6.07, 6.45) is 10.3. The Labute approximate surface area is 130 Å². The highest BCUT2D eigenvalue weighted by atomic mass is 16.5. The van der Waals surface area contributed by atoms with E-state index in [9.17, 15) is 4.79 Å². The second-order valence-electron chi connectivity index (χ2n) is 6.26. The van der Waals surface area contributed by atoms with E-state index >= 15 is 0 Å². The van der Waals surface area contributed by atoms with Gasteiger partial charge in [-0.15, -0.1) is 0 Å². The van der Waals surface area contributed by atoms with E-state index in [1.807, 2.05) is 6.92 Å². The van der Waals surface area contributed by atoms with Crippen molar-refractivity contribution in [3.05, 3.63) is 18.1 Å². The normalized spacial score (nSPS) is 26.4. The minimum Gasteiger partial charge on any atom is -0.476 e. The molecule has 1 heterocycles. The van der Waals surface area contributed by atoms with E-state index in [0.717, 1.165) is 13.0 Å². The number of aromatic nitrogens is 2. The lowest BCUT2D eigenvalue weighted by molar-refractivity contribution is -0.134. The van der Waals surface area contributed by atoms with Crippen molar-refractivity contribution in [1.29, 1.82) is 0 Å². The highest BCUT2D eigenvalue weighted by Crippen LogP contribution is 2.54. The Morgan fingerprint density at radius 3 is 2.73 bits per heavy atom. The van der Waals surface area contributed by atoms with E-state index < -0.39 is 5.97 Å². The van der Waals surface area contributed by atoms with Crippen LogP contribution in [0.3, 0.4) is 0 Å². The smallest absolute Gasteiger partial charge is 0.356 e. The van der Waals surface area contributed by atoms with E-state index in [0.29, 0.717) is 18.0 Å². The maximum atomic E-state index is 10.8. The van der Waals surface area contributed by atoms with Gasteiger partial charge in [0.15, 0.2) is 5.69 Å². The first kappa shape index (κ1) is 15.2. The molecule has 2 aliphatic carbocycles. The Hall–Kier alpha value is -1.69. The summed E-state index contributed by atoms with van der Waals surface area (Å²) in [6.45, 7) is 2.81. The zero-order chi connectivity index (χ0) is 15.6. The maximum Gasteiger partial charge on any atom is 0.356 e. The summed E-state index contributed by atoms with van der Waals surface area (Å²) in [5.74, 6) is -0.405. The van der Waals surface area contributed by atoms with Crippen molar-refractivity contribution in [2.75, 3.05) is 11.9 Å². The molecular formula is C16H23N3O3. The summed E-state index contributed by atoms with van der Waals surface area (Å²) < 4.78 is 5.94. The fourth-order valence-corrected chi connectivity index (χ4v) is 3.96. The molecule has 1 aromatic rings. The van der Waals surface area contributed by atoms with Gasteiger partial charge in [0.05, 0.1) is 18.5 Å². The molecule has 0 aromatic carbocycles. The fraction of sp³-hybridized carbons (Fsp3) is 0.688. The van der Waals surface area contributed by atoms with Crippen molar-refractivity contribution >= 4 is 11.8 Å². The van der Waals surface area contributed by atoms with Crippen LogP contribution in [-0.2, 0) is 4.74 Å². The van der Waals surface area contributed by atoms with Gasteiger partial charge in [-0.05, 0) is 26.2 Å². The summed E-state index contributed by atoms with van der Waals surface area (Å²) in [5, 5.41) is 12.3. The Balaban J connectivity index is 1.70. The number of carboxylic acids is 1. The van der Waals surface area contributed by atoms with Gasteiger partial charge in [-0.25, -0.2) is 14.8 Å². The summed E-state index contributed by atoms with van der Waals surface area (Å²) in [7, 11) is 0. The first-order valence-corrected chi connectivity index (χ1v) is 8.09. The molecule has 0 aliphatic heterocycles. The minimum atomic E-state index is -1.05. The van der Waals surface area contributed by atoms with Crippen molar-refractivity contribution in [3.8, 4) is 0 Å². The van der Waals surface area contributed by atoms with Crippen LogP contribution in [0.1, 0.15) is 55.9 Å². The third kappa shape index (κ3) is 2.67. The number of hydrogen-bond acceptors (Lipinski definition) is 5. The fourth-order valence-electron chi connectivity index (χ4n) is 3.96. The number of rotatable bonds is 5. The molecule has 2 atom stereocenters. The van der Waals surface area contributed by atoms with Gasteiger partial charge in [-0.3, -0.25) is 0 Å². The molecule has 2 fully saturated rings. The molecule has 1 spiro atoms. The SMILES string of the molecule is CCOC1CC(Nc2cnc(C(=O)O)cn2)C12CCCCC2. The van der Waals surface area contributed by atoms with Crippen LogP contribution in [0.15, 0.2) is 12.4 Å². The van der Waals surface area contributed by atoms with Crippen molar-refractivity contribution in [3.63, 3.8) is 0 Å². The number of carbonyl (C=O) groups is 1. The number of aromatic carboxylic acids is 1. The van der Waals surface area contributed by atoms with E-state index in [2.05, 4.69) is 15.3 Å². The summed E-state index contributed by atoms with van der Waals surface area (Å²) >= 11 is 0. The highest BCUT2D eigenvalue weighted by molar-refractivity contribution is 5.84. The Kier molecular flexibility index (Phi) is 4.29. The first-order chi connectivity index (χ1) is 10.7. The molecule has 2 unspecified atom stereocenters. The van der Waals surface area contributed by atoms with E-state index in [-0.39, 0.29) is 11.1 Å². The molecule has 6 heteroatoms. The van der Waals surface area contributed by atoms with Gasteiger partial charge in [0.2, 0.25) is 0 Å². The second-order valence-corrected chi connectivity index (χ2v) is 6.26. The second kappa shape index (κ2) is 6.20. The molecule has 0 amide bonds. The predicted octanol–water partition coefficient (Wildman–Crippen LogP) is 2.71. The molecule has 0 saturated heterocycles. The van der Waals surface area contributed by atoms with Gasteiger partial charge >= 0.3 is 5.97 Å². The third-order valence-corrected chi connectivity index (χ3v) is 5.13. The lowest BCUT2D eigenvalue weighted by Gasteiger charge is -2.57. The topological polar surface area (TPSA) is 84.3 Å².